The number of hydrogen-bond donors (Lipinski definition) is 0. The van der Waals surface area contributed by atoms with Gasteiger partial charge in [0.15, 0.2) is 6.29 Å². The highest BCUT2D eigenvalue weighted by molar-refractivity contribution is 5.84. The number of aldehydes is 1. The van der Waals surface area contributed by atoms with E-state index in [2.05, 4.69) is 0 Å². The average Bonchev–Trinajstić information content (AvgIpc) is 2.04. The summed E-state index contributed by atoms with van der Waals surface area (Å²) in [5, 5.41) is 0. The van der Waals surface area contributed by atoms with Gasteiger partial charge in [-0.2, -0.15) is 0 Å². The number of carbonyl (C=O) groups excluding carboxylic acids is 1. The van der Waals surface area contributed by atoms with Crippen molar-refractivity contribution in [1.29, 1.82) is 0 Å². The van der Waals surface area contributed by atoms with Crippen molar-refractivity contribution in [3.63, 3.8) is 0 Å². The van der Waals surface area contributed by atoms with Crippen molar-refractivity contribution in [2.75, 3.05) is 19.0 Å². The summed E-state index contributed by atoms with van der Waals surface area (Å²) >= 11 is 0. The number of benzene rings is 1. The first kappa shape index (κ1) is 8.78. The summed E-state index contributed by atoms with van der Waals surface area (Å²) in [5.41, 5.74) is 2.89. The number of aryl methyl sites for hydroxylation is 1. The van der Waals surface area contributed by atoms with E-state index in [1.165, 1.54) is 5.56 Å². The van der Waals surface area contributed by atoms with Crippen LogP contribution < -0.4 is 4.90 Å². The fraction of sp³-hybridized carbons (Fsp3) is 0.300. The van der Waals surface area contributed by atoms with E-state index >= 15 is 0 Å². The Kier molecular flexibility index (Phi) is 2.48. The monoisotopic (exact) mass is 163 g/mol. The molecule has 2 heteroatoms. The second kappa shape index (κ2) is 3.39. The van der Waals surface area contributed by atoms with E-state index in [-0.39, 0.29) is 0 Å². The maximum atomic E-state index is 10.6. The summed E-state index contributed by atoms with van der Waals surface area (Å²) in [6.07, 6.45) is 0.884. The molecule has 0 bridgehead atoms. The lowest BCUT2D eigenvalue weighted by atomic mass is 10.1. The van der Waals surface area contributed by atoms with Gasteiger partial charge in [-0.1, -0.05) is 6.07 Å². The molecule has 0 unspecified atom stereocenters. The Morgan fingerprint density at radius 2 is 2.00 bits per heavy atom. The standard InChI is InChI=1S/C10H13NO/c1-8-4-5-9(7-12)10(6-8)11(2)3/h4-7H,1-3H3. The highest BCUT2D eigenvalue weighted by Gasteiger charge is 2.02. The predicted octanol–water partition coefficient (Wildman–Crippen LogP) is 1.87. The minimum Gasteiger partial charge on any atom is -0.377 e. The van der Waals surface area contributed by atoms with Crippen molar-refractivity contribution in [1.82, 2.24) is 0 Å². The molecule has 0 spiro atoms. The van der Waals surface area contributed by atoms with Crippen LogP contribution in [-0.2, 0) is 0 Å². The van der Waals surface area contributed by atoms with Gasteiger partial charge in [0.05, 0.1) is 0 Å². The molecule has 12 heavy (non-hydrogen) atoms. The topological polar surface area (TPSA) is 20.3 Å². The molecule has 0 saturated carbocycles. The lowest BCUT2D eigenvalue weighted by Crippen LogP contribution is -2.11. The van der Waals surface area contributed by atoms with Crippen LogP contribution in [0.1, 0.15) is 15.9 Å². The molecule has 0 saturated heterocycles. The number of anilines is 1. The predicted molar refractivity (Wildman–Crippen MR) is 50.9 cm³/mol. The quantitative estimate of drug-likeness (QED) is 0.620. The van der Waals surface area contributed by atoms with Gasteiger partial charge in [-0.25, -0.2) is 0 Å². The van der Waals surface area contributed by atoms with Crippen molar-refractivity contribution in [2.24, 2.45) is 0 Å². The molecule has 0 heterocycles. The lowest BCUT2D eigenvalue weighted by Gasteiger charge is -2.15. The SMILES string of the molecule is Cc1ccc(C=O)c(N(C)C)c1. The number of nitrogens with zero attached hydrogens (tertiary/aromatic N) is 1. The Morgan fingerprint density at radius 1 is 1.33 bits per heavy atom. The Balaban J connectivity index is 3.21. The van der Waals surface area contributed by atoms with E-state index in [0.29, 0.717) is 0 Å². The first-order valence-electron chi connectivity index (χ1n) is 3.88. The van der Waals surface area contributed by atoms with Crippen LogP contribution in [0.4, 0.5) is 5.69 Å². The fourth-order valence-corrected chi connectivity index (χ4v) is 1.14. The van der Waals surface area contributed by atoms with Gasteiger partial charge in [-0.05, 0) is 24.6 Å². The summed E-state index contributed by atoms with van der Waals surface area (Å²) < 4.78 is 0. The molecule has 0 atom stereocenters. The molecular weight excluding hydrogens is 150 g/mol. The van der Waals surface area contributed by atoms with E-state index in [0.717, 1.165) is 17.5 Å². The van der Waals surface area contributed by atoms with E-state index in [1.807, 2.05) is 44.1 Å². The van der Waals surface area contributed by atoms with Gasteiger partial charge >= 0.3 is 0 Å². The van der Waals surface area contributed by atoms with Crippen LogP contribution in [0.25, 0.3) is 0 Å². The highest BCUT2D eigenvalue weighted by Crippen LogP contribution is 2.17. The van der Waals surface area contributed by atoms with Gasteiger partial charge in [0.25, 0.3) is 0 Å². The molecule has 2 nitrogen and oxygen atoms in total. The summed E-state index contributed by atoms with van der Waals surface area (Å²) in [6, 6.07) is 5.79. The zero-order valence-corrected chi connectivity index (χ0v) is 7.66. The van der Waals surface area contributed by atoms with Crippen molar-refractivity contribution >= 4 is 12.0 Å². The van der Waals surface area contributed by atoms with Crippen LogP contribution in [0.3, 0.4) is 0 Å². The van der Waals surface area contributed by atoms with Crippen LogP contribution in [0.2, 0.25) is 0 Å². The number of carbonyl (C=O) groups is 1. The minimum atomic E-state index is 0.741. The molecule has 0 radical (unpaired) electrons. The van der Waals surface area contributed by atoms with Gasteiger partial charge in [0, 0.05) is 25.3 Å². The molecule has 0 fully saturated rings. The zero-order chi connectivity index (χ0) is 9.14. The molecule has 0 aliphatic carbocycles. The van der Waals surface area contributed by atoms with Crippen LogP contribution in [0, 0.1) is 6.92 Å². The summed E-state index contributed by atoms with van der Waals surface area (Å²) in [6.45, 7) is 2.02. The molecule has 1 aromatic rings. The third-order valence-electron chi connectivity index (χ3n) is 1.79. The zero-order valence-electron chi connectivity index (χ0n) is 7.66. The number of hydrogen-bond acceptors (Lipinski definition) is 2. The second-order valence-electron chi connectivity index (χ2n) is 3.07. The smallest absolute Gasteiger partial charge is 0.152 e. The van der Waals surface area contributed by atoms with E-state index in [1.54, 1.807) is 0 Å². The van der Waals surface area contributed by atoms with Crippen molar-refractivity contribution in [3.05, 3.63) is 29.3 Å². The second-order valence-corrected chi connectivity index (χ2v) is 3.07. The van der Waals surface area contributed by atoms with Crippen molar-refractivity contribution in [3.8, 4) is 0 Å². The Hall–Kier alpha value is -1.31. The summed E-state index contributed by atoms with van der Waals surface area (Å²) in [7, 11) is 3.86. The van der Waals surface area contributed by atoms with E-state index in [9.17, 15) is 4.79 Å². The minimum absolute atomic E-state index is 0.741. The van der Waals surface area contributed by atoms with E-state index in [4.69, 9.17) is 0 Å². The number of rotatable bonds is 2. The Labute approximate surface area is 72.8 Å². The van der Waals surface area contributed by atoms with Crippen molar-refractivity contribution < 1.29 is 4.79 Å². The third-order valence-corrected chi connectivity index (χ3v) is 1.79. The Bertz CT molecular complexity index is 292. The summed E-state index contributed by atoms with van der Waals surface area (Å²) in [5.74, 6) is 0. The molecule has 0 aliphatic heterocycles. The molecule has 0 aromatic heterocycles. The molecule has 64 valence electrons. The first-order chi connectivity index (χ1) is 5.65. The van der Waals surface area contributed by atoms with Gasteiger partial charge in [-0.15, -0.1) is 0 Å². The van der Waals surface area contributed by atoms with Gasteiger partial charge < -0.3 is 4.90 Å². The summed E-state index contributed by atoms with van der Waals surface area (Å²) in [4.78, 5) is 12.6. The van der Waals surface area contributed by atoms with Crippen LogP contribution in [0.5, 0.6) is 0 Å². The van der Waals surface area contributed by atoms with E-state index < -0.39 is 0 Å². The Morgan fingerprint density at radius 3 is 2.50 bits per heavy atom. The van der Waals surface area contributed by atoms with Crippen LogP contribution in [0.15, 0.2) is 18.2 Å². The van der Waals surface area contributed by atoms with Crippen molar-refractivity contribution in [2.45, 2.75) is 6.92 Å². The average molecular weight is 163 g/mol. The maximum Gasteiger partial charge on any atom is 0.152 e. The molecule has 1 rings (SSSR count). The van der Waals surface area contributed by atoms with Crippen LogP contribution in [-0.4, -0.2) is 20.4 Å². The van der Waals surface area contributed by atoms with Gasteiger partial charge in [0.2, 0.25) is 0 Å². The molecule has 0 amide bonds. The third kappa shape index (κ3) is 1.64. The lowest BCUT2D eigenvalue weighted by molar-refractivity contribution is 0.112. The van der Waals surface area contributed by atoms with Crippen LogP contribution >= 0.6 is 0 Å². The van der Waals surface area contributed by atoms with Gasteiger partial charge in [-0.3, -0.25) is 4.79 Å². The molecule has 0 aliphatic rings. The largest absolute Gasteiger partial charge is 0.377 e. The maximum absolute atomic E-state index is 10.6. The first-order valence-corrected chi connectivity index (χ1v) is 3.88. The van der Waals surface area contributed by atoms with Gasteiger partial charge in [0.1, 0.15) is 0 Å². The fourth-order valence-electron chi connectivity index (χ4n) is 1.14. The molecule has 1 aromatic carbocycles. The molecular formula is C10H13NO. The normalized spacial score (nSPS) is 9.58. The highest BCUT2D eigenvalue weighted by atomic mass is 16.1. The molecule has 0 N–H and O–H groups in total.